The minimum atomic E-state index is 0.741. The maximum Gasteiger partial charge on any atom is 0.131 e. The van der Waals surface area contributed by atoms with Crippen molar-refractivity contribution >= 4 is 15.9 Å². The van der Waals surface area contributed by atoms with Crippen LogP contribution < -0.4 is 9.47 Å². The first-order valence-corrected chi connectivity index (χ1v) is 7.55. The van der Waals surface area contributed by atoms with E-state index in [0.717, 1.165) is 38.5 Å². The van der Waals surface area contributed by atoms with Gasteiger partial charge >= 0.3 is 0 Å². The molecule has 1 N–H and O–H groups in total. The lowest BCUT2D eigenvalue weighted by Gasteiger charge is -2.11. The molecule has 0 radical (unpaired) electrons. The number of ether oxygens (including phenoxy) is 2. The standard InChI is InChI=1S/C17H15BrN2O2/c1-21-15-4-3-5-16(22-2)17(15)14-10-13(19-20-14)11-6-8-12(18)9-7-11/h3-10H,1-2H3,(H,19,20). The summed E-state index contributed by atoms with van der Waals surface area (Å²) >= 11 is 3.44. The maximum atomic E-state index is 5.44. The van der Waals surface area contributed by atoms with Crippen LogP contribution in [0.15, 0.2) is 53.0 Å². The number of nitrogens with one attached hydrogen (secondary N) is 1. The lowest BCUT2D eigenvalue weighted by atomic mass is 10.1. The molecule has 0 saturated heterocycles. The minimum absolute atomic E-state index is 0.741. The van der Waals surface area contributed by atoms with E-state index >= 15 is 0 Å². The van der Waals surface area contributed by atoms with E-state index < -0.39 is 0 Å². The molecule has 3 rings (SSSR count). The molecule has 0 amide bonds. The number of aromatic amines is 1. The second-order valence-corrected chi connectivity index (χ2v) is 5.63. The first-order chi connectivity index (χ1) is 10.7. The van der Waals surface area contributed by atoms with Crippen LogP contribution in [0.25, 0.3) is 22.5 Å². The van der Waals surface area contributed by atoms with Crippen LogP contribution >= 0.6 is 15.9 Å². The van der Waals surface area contributed by atoms with Crippen LogP contribution in [0.5, 0.6) is 11.5 Å². The van der Waals surface area contributed by atoms with E-state index in [-0.39, 0.29) is 0 Å². The lowest BCUT2D eigenvalue weighted by Crippen LogP contribution is -1.92. The number of rotatable bonds is 4. The highest BCUT2D eigenvalue weighted by molar-refractivity contribution is 9.10. The van der Waals surface area contributed by atoms with E-state index in [0.29, 0.717) is 0 Å². The maximum absolute atomic E-state index is 5.44. The monoisotopic (exact) mass is 358 g/mol. The Morgan fingerprint density at radius 2 is 1.59 bits per heavy atom. The number of halogens is 1. The highest BCUT2D eigenvalue weighted by atomic mass is 79.9. The van der Waals surface area contributed by atoms with Crippen LogP contribution in [-0.2, 0) is 0 Å². The SMILES string of the molecule is COc1cccc(OC)c1-c1cc(-c2ccc(Br)cc2)n[nH]1. The van der Waals surface area contributed by atoms with Gasteiger partial charge in [-0.3, -0.25) is 5.10 Å². The lowest BCUT2D eigenvalue weighted by molar-refractivity contribution is 0.397. The van der Waals surface area contributed by atoms with Crippen molar-refractivity contribution in [3.05, 3.63) is 53.0 Å². The van der Waals surface area contributed by atoms with Gasteiger partial charge in [-0.1, -0.05) is 34.1 Å². The first-order valence-electron chi connectivity index (χ1n) is 6.75. The zero-order valence-electron chi connectivity index (χ0n) is 12.3. The number of hydrogen-bond acceptors (Lipinski definition) is 3. The molecule has 5 heteroatoms. The fraction of sp³-hybridized carbons (Fsp3) is 0.118. The number of benzene rings is 2. The summed E-state index contributed by atoms with van der Waals surface area (Å²) in [6.45, 7) is 0. The van der Waals surface area contributed by atoms with Gasteiger partial charge in [-0.2, -0.15) is 5.10 Å². The van der Waals surface area contributed by atoms with Gasteiger partial charge in [0.15, 0.2) is 0 Å². The smallest absolute Gasteiger partial charge is 0.131 e. The fourth-order valence-corrected chi connectivity index (χ4v) is 2.60. The largest absolute Gasteiger partial charge is 0.496 e. The van der Waals surface area contributed by atoms with Crippen LogP contribution in [0.4, 0.5) is 0 Å². The topological polar surface area (TPSA) is 47.1 Å². The number of nitrogens with zero attached hydrogens (tertiary/aromatic N) is 1. The highest BCUT2D eigenvalue weighted by Gasteiger charge is 2.15. The molecule has 0 unspecified atom stereocenters. The number of hydrogen-bond donors (Lipinski definition) is 1. The van der Waals surface area contributed by atoms with Gasteiger partial charge in [-0.25, -0.2) is 0 Å². The van der Waals surface area contributed by atoms with Gasteiger partial charge in [0.25, 0.3) is 0 Å². The van der Waals surface area contributed by atoms with Crippen LogP contribution in [0.1, 0.15) is 0 Å². The summed E-state index contributed by atoms with van der Waals surface area (Å²) in [5.41, 5.74) is 3.63. The van der Waals surface area contributed by atoms with Crippen molar-refractivity contribution in [1.29, 1.82) is 0 Å². The van der Waals surface area contributed by atoms with Crippen LogP contribution in [0, 0.1) is 0 Å². The molecular formula is C17H15BrN2O2. The molecule has 2 aromatic carbocycles. The van der Waals surface area contributed by atoms with Crippen LogP contribution in [-0.4, -0.2) is 24.4 Å². The Labute approximate surface area is 137 Å². The average Bonchev–Trinajstić information content (AvgIpc) is 3.04. The van der Waals surface area contributed by atoms with Crippen molar-refractivity contribution in [3.8, 4) is 34.0 Å². The summed E-state index contributed by atoms with van der Waals surface area (Å²) in [5, 5.41) is 7.45. The molecule has 4 nitrogen and oxygen atoms in total. The van der Waals surface area contributed by atoms with E-state index in [1.54, 1.807) is 14.2 Å². The third-order valence-corrected chi connectivity index (χ3v) is 3.94. The number of aromatic nitrogens is 2. The number of H-pyrrole nitrogens is 1. The zero-order chi connectivity index (χ0) is 15.5. The van der Waals surface area contributed by atoms with Gasteiger partial charge in [0.2, 0.25) is 0 Å². The van der Waals surface area contributed by atoms with Crippen molar-refractivity contribution in [3.63, 3.8) is 0 Å². The zero-order valence-corrected chi connectivity index (χ0v) is 13.8. The average molecular weight is 359 g/mol. The van der Waals surface area contributed by atoms with E-state index in [9.17, 15) is 0 Å². The molecule has 3 aromatic rings. The van der Waals surface area contributed by atoms with E-state index in [1.807, 2.05) is 48.5 Å². The molecule has 0 atom stereocenters. The molecule has 22 heavy (non-hydrogen) atoms. The predicted octanol–water partition coefficient (Wildman–Crippen LogP) is 4.52. The Morgan fingerprint density at radius 3 is 2.18 bits per heavy atom. The summed E-state index contributed by atoms with van der Waals surface area (Å²) in [6.07, 6.45) is 0. The molecule has 0 fully saturated rings. The molecule has 0 aliphatic rings. The summed E-state index contributed by atoms with van der Waals surface area (Å²) in [5.74, 6) is 1.48. The van der Waals surface area contributed by atoms with E-state index in [1.165, 1.54) is 0 Å². The number of methoxy groups -OCH3 is 2. The Morgan fingerprint density at radius 1 is 0.955 bits per heavy atom. The normalized spacial score (nSPS) is 10.5. The second-order valence-electron chi connectivity index (χ2n) is 4.71. The molecule has 1 heterocycles. The summed E-state index contributed by atoms with van der Waals surface area (Å²) in [7, 11) is 3.29. The third kappa shape index (κ3) is 2.72. The van der Waals surface area contributed by atoms with Gasteiger partial charge in [0.1, 0.15) is 11.5 Å². The summed E-state index contributed by atoms with van der Waals surface area (Å²) in [4.78, 5) is 0. The summed E-state index contributed by atoms with van der Waals surface area (Å²) in [6, 6.07) is 15.7. The van der Waals surface area contributed by atoms with Crippen molar-refractivity contribution in [2.45, 2.75) is 0 Å². The van der Waals surface area contributed by atoms with Crippen LogP contribution in [0.3, 0.4) is 0 Å². The Kier molecular flexibility index (Phi) is 4.15. The molecular weight excluding hydrogens is 344 g/mol. The van der Waals surface area contributed by atoms with E-state index in [2.05, 4.69) is 26.1 Å². The Bertz CT molecular complexity index is 759. The Hall–Kier alpha value is -2.27. The molecule has 0 saturated carbocycles. The summed E-state index contributed by atoms with van der Waals surface area (Å²) < 4.78 is 11.9. The van der Waals surface area contributed by atoms with Gasteiger partial charge < -0.3 is 9.47 Å². The molecule has 0 bridgehead atoms. The molecule has 0 aliphatic heterocycles. The Balaban J connectivity index is 2.06. The predicted molar refractivity (Wildman–Crippen MR) is 90.3 cm³/mol. The molecule has 112 valence electrons. The fourth-order valence-electron chi connectivity index (χ4n) is 2.33. The van der Waals surface area contributed by atoms with Gasteiger partial charge in [0.05, 0.1) is 31.2 Å². The minimum Gasteiger partial charge on any atom is -0.496 e. The van der Waals surface area contributed by atoms with Crippen molar-refractivity contribution < 1.29 is 9.47 Å². The highest BCUT2D eigenvalue weighted by Crippen LogP contribution is 2.38. The van der Waals surface area contributed by atoms with Crippen molar-refractivity contribution in [1.82, 2.24) is 10.2 Å². The van der Waals surface area contributed by atoms with Crippen molar-refractivity contribution in [2.24, 2.45) is 0 Å². The van der Waals surface area contributed by atoms with Crippen LogP contribution in [0.2, 0.25) is 0 Å². The third-order valence-electron chi connectivity index (χ3n) is 3.42. The molecule has 0 spiro atoms. The van der Waals surface area contributed by atoms with E-state index in [4.69, 9.17) is 9.47 Å². The van der Waals surface area contributed by atoms with Gasteiger partial charge in [-0.15, -0.1) is 0 Å². The van der Waals surface area contributed by atoms with Crippen molar-refractivity contribution in [2.75, 3.05) is 14.2 Å². The molecule has 0 aliphatic carbocycles. The van der Waals surface area contributed by atoms with Gasteiger partial charge in [-0.05, 0) is 30.3 Å². The quantitative estimate of drug-likeness (QED) is 0.745. The van der Waals surface area contributed by atoms with Gasteiger partial charge in [0, 0.05) is 10.0 Å². The first kappa shape index (κ1) is 14.7. The molecule has 1 aromatic heterocycles. The second kappa shape index (κ2) is 6.23.